The molecule has 1 rings (SSSR count). The molecule has 0 bridgehead atoms. The molecule has 0 nitrogen and oxygen atoms in total. The molecule has 1 saturated carbocycles. The first-order valence-corrected chi connectivity index (χ1v) is 3.96. The highest BCUT2D eigenvalue weighted by atomic mass is 19.4. The zero-order valence-electron chi connectivity index (χ0n) is 6.32. The van der Waals surface area contributed by atoms with Crippen molar-refractivity contribution in [3.8, 4) is 0 Å². The van der Waals surface area contributed by atoms with Crippen LogP contribution in [0.2, 0.25) is 0 Å². The highest BCUT2D eigenvalue weighted by Gasteiger charge is 2.32. The van der Waals surface area contributed by atoms with Crippen molar-refractivity contribution >= 4 is 0 Å². The minimum absolute atomic E-state index is 0.111. The van der Waals surface area contributed by atoms with Crippen LogP contribution in [0.25, 0.3) is 0 Å². The van der Waals surface area contributed by atoms with Gasteiger partial charge >= 0.3 is 6.18 Å². The molecule has 0 heterocycles. The Hall–Kier alpha value is -0.210. The average Bonchev–Trinajstić information content (AvgIpc) is 1.85. The second-order valence-corrected chi connectivity index (χ2v) is 3.13. The van der Waals surface area contributed by atoms with E-state index >= 15 is 0 Å². The third-order valence-corrected chi connectivity index (χ3v) is 2.08. The monoisotopic (exact) mass is 165 g/mol. The maximum absolute atomic E-state index is 11.8. The van der Waals surface area contributed by atoms with Crippen LogP contribution in [0.3, 0.4) is 0 Å². The molecule has 0 aliphatic heterocycles. The van der Waals surface area contributed by atoms with Crippen LogP contribution >= 0.6 is 0 Å². The molecule has 1 radical (unpaired) electrons. The Morgan fingerprint density at radius 1 is 1.18 bits per heavy atom. The molecule has 3 heteroatoms. The molecular formula is C8H12F3. The number of rotatable bonds is 1. The van der Waals surface area contributed by atoms with Gasteiger partial charge in [0, 0.05) is 6.42 Å². The Balaban J connectivity index is 2.24. The summed E-state index contributed by atoms with van der Waals surface area (Å²) in [6, 6.07) is 0. The van der Waals surface area contributed by atoms with Crippen molar-refractivity contribution in [3.05, 3.63) is 6.42 Å². The van der Waals surface area contributed by atoms with Crippen molar-refractivity contribution in [2.24, 2.45) is 5.92 Å². The summed E-state index contributed by atoms with van der Waals surface area (Å²) in [4.78, 5) is 0. The van der Waals surface area contributed by atoms with E-state index in [9.17, 15) is 13.2 Å². The Morgan fingerprint density at radius 3 is 2.18 bits per heavy atom. The van der Waals surface area contributed by atoms with Crippen LogP contribution in [0.15, 0.2) is 0 Å². The third kappa shape index (κ3) is 3.63. The van der Waals surface area contributed by atoms with Gasteiger partial charge in [0.2, 0.25) is 0 Å². The zero-order valence-corrected chi connectivity index (χ0v) is 6.32. The minimum Gasteiger partial charge on any atom is -0.171 e. The highest BCUT2D eigenvalue weighted by molar-refractivity contribution is 4.77. The van der Waals surface area contributed by atoms with Crippen LogP contribution in [-0.4, -0.2) is 6.18 Å². The SMILES string of the molecule is FC(F)(F)CC1CC[CH]CC1. The smallest absolute Gasteiger partial charge is 0.171 e. The predicted molar refractivity (Wildman–Crippen MR) is 36.9 cm³/mol. The van der Waals surface area contributed by atoms with E-state index in [0.29, 0.717) is 0 Å². The van der Waals surface area contributed by atoms with E-state index in [1.165, 1.54) is 0 Å². The summed E-state index contributed by atoms with van der Waals surface area (Å²) in [7, 11) is 0. The van der Waals surface area contributed by atoms with E-state index < -0.39 is 12.6 Å². The number of hydrogen-bond acceptors (Lipinski definition) is 0. The lowest BCUT2D eigenvalue weighted by Crippen LogP contribution is -2.17. The number of halogens is 3. The maximum atomic E-state index is 11.8. The van der Waals surface area contributed by atoms with Crippen molar-refractivity contribution in [3.63, 3.8) is 0 Å². The van der Waals surface area contributed by atoms with Gasteiger partial charge in [-0.2, -0.15) is 13.2 Å². The fourth-order valence-corrected chi connectivity index (χ4v) is 1.53. The second-order valence-electron chi connectivity index (χ2n) is 3.13. The second kappa shape index (κ2) is 3.46. The molecule has 0 amide bonds. The standard InChI is InChI=1S/C8H12F3/c9-8(10,11)6-7-4-2-1-3-5-7/h1,7H,2-6H2. The fourth-order valence-electron chi connectivity index (χ4n) is 1.53. The summed E-state index contributed by atoms with van der Waals surface area (Å²) in [5, 5.41) is 0. The lowest BCUT2D eigenvalue weighted by molar-refractivity contribution is -0.145. The molecule has 0 unspecified atom stereocenters. The fraction of sp³-hybridized carbons (Fsp3) is 0.875. The van der Waals surface area contributed by atoms with Gasteiger partial charge in [-0.15, -0.1) is 0 Å². The molecule has 1 aliphatic rings. The summed E-state index contributed by atoms with van der Waals surface area (Å²) in [5.74, 6) is -0.111. The van der Waals surface area contributed by atoms with Gasteiger partial charge in [0.15, 0.2) is 0 Å². The Bertz CT molecular complexity index is 111. The van der Waals surface area contributed by atoms with Crippen molar-refractivity contribution in [1.29, 1.82) is 0 Å². The van der Waals surface area contributed by atoms with Crippen molar-refractivity contribution < 1.29 is 13.2 Å². The van der Waals surface area contributed by atoms with Gasteiger partial charge in [-0.3, -0.25) is 0 Å². The van der Waals surface area contributed by atoms with Gasteiger partial charge in [0.1, 0.15) is 0 Å². The zero-order chi connectivity index (χ0) is 8.32. The van der Waals surface area contributed by atoms with Gasteiger partial charge in [0.05, 0.1) is 0 Å². The van der Waals surface area contributed by atoms with Crippen LogP contribution < -0.4 is 0 Å². The quantitative estimate of drug-likeness (QED) is 0.559. The van der Waals surface area contributed by atoms with Crippen molar-refractivity contribution in [2.75, 3.05) is 0 Å². The Morgan fingerprint density at radius 2 is 1.73 bits per heavy atom. The summed E-state index contributed by atoms with van der Waals surface area (Å²) < 4.78 is 35.5. The number of hydrogen-bond donors (Lipinski definition) is 0. The van der Waals surface area contributed by atoms with Gasteiger partial charge in [-0.25, -0.2) is 0 Å². The summed E-state index contributed by atoms with van der Waals surface area (Å²) in [6.45, 7) is 0. The van der Waals surface area contributed by atoms with Crippen LogP contribution in [0, 0.1) is 12.3 Å². The van der Waals surface area contributed by atoms with E-state index in [1.807, 2.05) is 0 Å². The van der Waals surface area contributed by atoms with Crippen LogP contribution in [0.4, 0.5) is 13.2 Å². The molecule has 11 heavy (non-hydrogen) atoms. The molecule has 65 valence electrons. The normalized spacial score (nSPS) is 22.1. The van der Waals surface area contributed by atoms with Gasteiger partial charge < -0.3 is 0 Å². The maximum Gasteiger partial charge on any atom is 0.389 e. The molecule has 0 atom stereocenters. The van der Waals surface area contributed by atoms with Crippen molar-refractivity contribution in [2.45, 2.75) is 38.3 Å². The minimum atomic E-state index is -3.96. The predicted octanol–water partition coefficient (Wildman–Crippen LogP) is 3.33. The highest BCUT2D eigenvalue weighted by Crippen LogP contribution is 2.33. The van der Waals surface area contributed by atoms with Crippen LogP contribution in [0.5, 0.6) is 0 Å². The van der Waals surface area contributed by atoms with Gasteiger partial charge in [-0.05, 0) is 38.0 Å². The first-order valence-electron chi connectivity index (χ1n) is 3.96. The topological polar surface area (TPSA) is 0 Å². The number of alkyl halides is 3. The first kappa shape index (κ1) is 8.88. The third-order valence-electron chi connectivity index (χ3n) is 2.08. The lowest BCUT2D eigenvalue weighted by Gasteiger charge is -2.22. The van der Waals surface area contributed by atoms with Gasteiger partial charge in [0.25, 0.3) is 0 Å². The Labute approximate surface area is 64.8 Å². The average molecular weight is 165 g/mol. The molecule has 0 N–H and O–H groups in total. The van der Waals surface area contributed by atoms with Crippen molar-refractivity contribution in [1.82, 2.24) is 0 Å². The van der Waals surface area contributed by atoms with Crippen LogP contribution in [0.1, 0.15) is 32.1 Å². The molecule has 1 fully saturated rings. The molecule has 0 spiro atoms. The molecule has 0 aromatic rings. The molecule has 0 aromatic carbocycles. The summed E-state index contributed by atoms with van der Waals surface area (Å²) in [6.07, 6.45) is 0.705. The van der Waals surface area contributed by atoms with E-state index in [-0.39, 0.29) is 5.92 Å². The van der Waals surface area contributed by atoms with E-state index in [2.05, 4.69) is 6.42 Å². The lowest BCUT2D eigenvalue weighted by atomic mass is 9.87. The summed E-state index contributed by atoms with van der Waals surface area (Å²) in [5.41, 5.74) is 0. The first-order chi connectivity index (χ1) is 5.08. The largest absolute Gasteiger partial charge is 0.389 e. The molecule has 0 saturated heterocycles. The molecule has 0 aromatic heterocycles. The van der Waals surface area contributed by atoms with E-state index in [0.717, 1.165) is 25.7 Å². The molecule has 1 aliphatic carbocycles. The molecular weight excluding hydrogens is 153 g/mol. The van der Waals surface area contributed by atoms with Crippen LogP contribution in [-0.2, 0) is 0 Å². The van der Waals surface area contributed by atoms with E-state index in [1.54, 1.807) is 0 Å². The summed E-state index contributed by atoms with van der Waals surface area (Å²) >= 11 is 0. The van der Waals surface area contributed by atoms with E-state index in [4.69, 9.17) is 0 Å². The van der Waals surface area contributed by atoms with Gasteiger partial charge in [-0.1, -0.05) is 0 Å². The Kier molecular flexibility index (Phi) is 2.79.